The fourth-order valence-corrected chi connectivity index (χ4v) is 3.57. The zero-order chi connectivity index (χ0) is 14.3. The Bertz CT molecular complexity index is 650. The smallest absolute Gasteiger partial charge is 0.232 e. The van der Waals surface area contributed by atoms with Gasteiger partial charge in [-0.2, -0.15) is 0 Å². The van der Waals surface area contributed by atoms with Gasteiger partial charge in [-0.15, -0.1) is 0 Å². The lowest BCUT2D eigenvalue weighted by atomic mass is 10.0. The maximum absolute atomic E-state index is 11.8. The van der Waals surface area contributed by atoms with E-state index in [4.69, 9.17) is 0 Å². The first-order valence-electron chi connectivity index (χ1n) is 6.86. The van der Waals surface area contributed by atoms with Crippen molar-refractivity contribution in [2.45, 2.75) is 25.7 Å². The van der Waals surface area contributed by atoms with Gasteiger partial charge in [0.15, 0.2) is 0 Å². The molecule has 1 aromatic rings. The maximum atomic E-state index is 11.8. The van der Waals surface area contributed by atoms with Crippen molar-refractivity contribution in [3.63, 3.8) is 0 Å². The van der Waals surface area contributed by atoms with Gasteiger partial charge < -0.3 is 5.32 Å². The lowest BCUT2D eigenvalue weighted by Gasteiger charge is -2.29. The second-order valence-electron chi connectivity index (χ2n) is 5.55. The molecule has 5 nitrogen and oxygen atoms in total. The van der Waals surface area contributed by atoms with Crippen molar-refractivity contribution in [2.24, 2.45) is 5.92 Å². The number of rotatable bonds is 3. The fraction of sp³-hybridized carbons (Fsp3) is 0.500. The summed E-state index contributed by atoms with van der Waals surface area (Å²) < 4.78 is 25.0. The Hall–Kier alpha value is -1.56. The van der Waals surface area contributed by atoms with Crippen LogP contribution < -0.4 is 9.62 Å². The van der Waals surface area contributed by atoms with Crippen LogP contribution in [0.3, 0.4) is 0 Å². The number of anilines is 2. The number of benzene rings is 1. The Labute approximate surface area is 119 Å². The molecule has 6 heteroatoms. The highest BCUT2D eigenvalue weighted by Gasteiger charge is 2.30. The molecule has 0 saturated heterocycles. The van der Waals surface area contributed by atoms with Gasteiger partial charge in [-0.3, -0.25) is 9.10 Å². The average Bonchev–Trinajstić information content (AvgIpc) is 3.20. The van der Waals surface area contributed by atoms with Crippen LogP contribution in [0.25, 0.3) is 0 Å². The minimum Gasteiger partial charge on any atom is -0.326 e. The van der Waals surface area contributed by atoms with Gasteiger partial charge in [0.1, 0.15) is 0 Å². The molecule has 0 radical (unpaired) electrons. The van der Waals surface area contributed by atoms with Crippen LogP contribution in [0.5, 0.6) is 0 Å². The van der Waals surface area contributed by atoms with E-state index in [-0.39, 0.29) is 11.8 Å². The number of nitrogens with one attached hydrogen (secondary N) is 1. The molecule has 0 atom stereocenters. The van der Waals surface area contributed by atoms with E-state index in [1.54, 1.807) is 12.1 Å². The topological polar surface area (TPSA) is 66.5 Å². The standard InChI is InChI=1S/C14H18N2O3S/c1-20(18,19)16-8-2-3-11-9-12(6-7-13(11)16)15-14(17)10-4-5-10/h6-7,9-10H,2-5,8H2,1H3,(H,15,17). The third-order valence-electron chi connectivity index (χ3n) is 3.77. The van der Waals surface area contributed by atoms with Crippen molar-refractivity contribution >= 4 is 27.3 Å². The Morgan fingerprint density at radius 3 is 2.75 bits per heavy atom. The highest BCUT2D eigenvalue weighted by Crippen LogP contribution is 2.33. The maximum Gasteiger partial charge on any atom is 0.232 e. The number of hydrogen-bond acceptors (Lipinski definition) is 3. The molecule has 1 N–H and O–H groups in total. The number of nitrogens with zero attached hydrogens (tertiary/aromatic N) is 1. The molecule has 1 aromatic carbocycles. The third-order valence-corrected chi connectivity index (χ3v) is 4.95. The Balaban J connectivity index is 1.86. The molecule has 0 aromatic heterocycles. The number of carbonyl (C=O) groups excluding carboxylic acids is 1. The average molecular weight is 294 g/mol. The lowest BCUT2D eigenvalue weighted by Crippen LogP contribution is -2.34. The molecule has 0 spiro atoms. The molecule has 1 heterocycles. The van der Waals surface area contributed by atoms with Gasteiger partial charge in [0.25, 0.3) is 0 Å². The fourth-order valence-electron chi connectivity index (χ4n) is 2.57. The number of hydrogen-bond donors (Lipinski definition) is 1. The number of amides is 1. The molecule has 2 aliphatic rings. The largest absolute Gasteiger partial charge is 0.326 e. The predicted molar refractivity (Wildman–Crippen MR) is 78.3 cm³/mol. The third kappa shape index (κ3) is 2.65. The first-order chi connectivity index (χ1) is 9.45. The molecule has 1 amide bonds. The van der Waals surface area contributed by atoms with Crippen molar-refractivity contribution in [3.05, 3.63) is 23.8 Å². The predicted octanol–water partition coefficient (Wildman–Crippen LogP) is 1.75. The summed E-state index contributed by atoms with van der Waals surface area (Å²) in [5, 5.41) is 2.90. The molecular formula is C14H18N2O3S. The Morgan fingerprint density at radius 2 is 2.10 bits per heavy atom. The van der Waals surface area contributed by atoms with Crippen molar-refractivity contribution in [3.8, 4) is 0 Å². The van der Waals surface area contributed by atoms with E-state index in [1.165, 1.54) is 10.6 Å². The second kappa shape index (κ2) is 4.77. The highest BCUT2D eigenvalue weighted by molar-refractivity contribution is 7.92. The second-order valence-corrected chi connectivity index (χ2v) is 7.45. The first-order valence-corrected chi connectivity index (χ1v) is 8.71. The van der Waals surface area contributed by atoms with Crippen molar-refractivity contribution in [1.82, 2.24) is 0 Å². The van der Waals surface area contributed by atoms with Crippen molar-refractivity contribution in [2.75, 3.05) is 22.4 Å². The molecular weight excluding hydrogens is 276 g/mol. The van der Waals surface area contributed by atoms with Gasteiger partial charge in [-0.05, 0) is 49.4 Å². The summed E-state index contributed by atoms with van der Waals surface area (Å²) in [7, 11) is -3.23. The van der Waals surface area contributed by atoms with Crippen LogP contribution in [-0.4, -0.2) is 27.1 Å². The van der Waals surface area contributed by atoms with E-state index >= 15 is 0 Å². The first kappa shape index (κ1) is 13.4. The highest BCUT2D eigenvalue weighted by atomic mass is 32.2. The summed E-state index contributed by atoms with van der Waals surface area (Å²) in [6, 6.07) is 5.47. The van der Waals surface area contributed by atoms with Crippen LogP contribution in [-0.2, 0) is 21.2 Å². The van der Waals surface area contributed by atoms with Gasteiger partial charge in [-0.1, -0.05) is 0 Å². The van der Waals surface area contributed by atoms with E-state index < -0.39 is 10.0 Å². The van der Waals surface area contributed by atoms with Crippen molar-refractivity contribution in [1.29, 1.82) is 0 Å². The SMILES string of the molecule is CS(=O)(=O)N1CCCc2cc(NC(=O)C3CC3)ccc21. The summed E-state index contributed by atoms with van der Waals surface area (Å²) in [5.74, 6) is 0.235. The molecule has 1 fully saturated rings. The van der Waals surface area contributed by atoms with Gasteiger partial charge in [0.05, 0.1) is 11.9 Å². The molecule has 0 bridgehead atoms. The van der Waals surface area contributed by atoms with E-state index in [0.717, 1.165) is 42.6 Å². The molecule has 0 unspecified atom stereocenters. The van der Waals surface area contributed by atoms with Gasteiger partial charge in [0, 0.05) is 18.2 Å². The van der Waals surface area contributed by atoms with E-state index in [1.807, 2.05) is 6.07 Å². The van der Waals surface area contributed by atoms with Crippen LogP contribution in [0.1, 0.15) is 24.8 Å². The molecule has 3 rings (SSSR count). The summed E-state index contributed by atoms with van der Waals surface area (Å²) >= 11 is 0. The lowest BCUT2D eigenvalue weighted by molar-refractivity contribution is -0.117. The Kier molecular flexibility index (Phi) is 3.20. The van der Waals surface area contributed by atoms with Gasteiger partial charge in [0.2, 0.25) is 15.9 Å². The van der Waals surface area contributed by atoms with Crippen LogP contribution >= 0.6 is 0 Å². The van der Waals surface area contributed by atoms with Crippen LogP contribution in [0.15, 0.2) is 18.2 Å². The van der Waals surface area contributed by atoms with Crippen LogP contribution in [0.2, 0.25) is 0 Å². The normalized spacial score (nSPS) is 18.6. The van der Waals surface area contributed by atoms with Crippen LogP contribution in [0.4, 0.5) is 11.4 Å². The molecule has 1 aliphatic heterocycles. The molecule has 108 valence electrons. The van der Waals surface area contributed by atoms with Crippen molar-refractivity contribution < 1.29 is 13.2 Å². The van der Waals surface area contributed by atoms with E-state index in [0.29, 0.717) is 6.54 Å². The Morgan fingerprint density at radius 1 is 1.35 bits per heavy atom. The summed E-state index contributed by atoms with van der Waals surface area (Å²) in [6.45, 7) is 0.527. The number of aryl methyl sites for hydroxylation is 1. The minimum absolute atomic E-state index is 0.0701. The zero-order valence-corrected chi connectivity index (χ0v) is 12.2. The van der Waals surface area contributed by atoms with Gasteiger partial charge >= 0.3 is 0 Å². The quantitative estimate of drug-likeness (QED) is 0.923. The van der Waals surface area contributed by atoms with Gasteiger partial charge in [-0.25, -0.2) is 8.42 Å². The number of fused-ring (bicyclic) bond motifs is 1. The number of sulfonamides is 1. The molecule has 1 saturated carbocycles. The molecule has 1 aliphatic carbocycles. The summed E-state index contributed by atoms with van der Waals surface area (Å²) in [5.41, 5.74) is 2.48. The number of carbonyl (C=O) groups is 1. The monoisotopic (exact) mass is 294 g/mol. The zero-order valence-electron chi connectivity index (χ0n) is 11.4. The summed E-state index contributed by atoms with van der Waals surface area (Å²) in [6.07, 6.45) is 4.82. The van der Waals surface area contributed by atoms with Crippen LogP contribution in [0, 0.1) is 5.92 Å². The molecule has 20 heavy (non-hydrogen) atoms. The summed E-state index contributed by atoms with van der Waals surface area (Å²) in [4.78, 5) is 11.7. The van der Waals surface area contributed by atoms with E-state index in [2.05, 4.69) is 5.32 Å². The van der Waals surface area contributed by atoms with E-state index in [9.17, 15) is 13.2 Å². The minimum atomic E-state index is -3.23.